The number of hydrogen-bond acceptors (Lipinski definition) is 3. The fourth-order valence-electron chi connectivity index (χ4n) is 1.33. The highest BCUT2D eigenvalue weighted by molar-refractivity contribution is 5.86. The van der Waals surface area contributed by atoms with E-state index in [1.54, 1.807) is 6.92 Å². The van der Waals surface area contributed by atoms with Crippen LogP contribution in [-0.2, 0) is 9.59 Å². The second kappa shape index (κ2) is 9.15. The van der Waals surface area contributed by atoms with Gasteiger partial charge in [-0.1, -0.05) is 12.8 Å². The maximum Gasteiger partial charge on any atom is 0.242 e. The number of carbonyl (C=O) groups excluding carboxylic acids is 2. The van der Waals surface area contributed by atoms with E-state index in [0.717, 1.165) is 25.7 Å². The molecule has 0 aliphatic carbocycles. The maximum absolute atomic E-state index is 11.4. The van der Waals surface area contributed by atoms with Crippen molar-refractivity contribution >= 4 is 11.8 Å². The van der Waals surface area contributed by atoms with Crippen molar-refractivity contribution in [2.24, 2.45) is 0 Å². The molecule has 3 N–H and O–H groups in total. The van der Waals surface area contributed by atoms with Crippen molar-refractivity contribution in [3.8, 4) is 0 Å². The molecule has 94 valence electrons. The number of rotatable bonds is 8. The predicted octanol–water partition coefficient (Wildman–Crippen LogP) is 0.180. The minimum absolute atomic E-state index is 0.155. The normalized spacial score (nSPS) is 11.9. The largest absolute Gasteiger partial charge is 0.396 e. The molecule has 0 aromatic rings. The molecule has 1 atom stereocenters. The summed E-state index contributed by atoms with van der Waals surface area (Å²) in [6, 6.07) is -0.477. The van der Waals surface area contributed by atoms with Crippen molar-refractivity contribution in [2.75, 3.05) is 13.2 Å². The molecule has 16 heavy (non-hydrogen) atoms. The number of carbonyl (C=O) groups is 2. The van der Waals surface area contributed by atoms with Crippen LogP contribution in [0.2, 0.25) is 0 Å². The van der Waals surface area contributed by atoms with Gasteiger partial charge in [0.2, 0.25) is 11.8 Å². The molecule has 0 aromatic heterocycles. The Kier molecular flexibility index (Phi) is 8.52. The van der Waals surface area contributed by atoms with Gasteiger partial charge in [0.05, 0.1) is 0 Å². The van der Waals surface area contributed by atoms with E-state index in [2.05, 4.69) is 10.6 Å². The molecule has 0 aliphatic heterocycles. The highest BCUT2D eigenvalue weighted by Crippen LogP contribution is 1.97. The van der Waals surface area contributed by atoms with E-state index >= 15 is 0 Å². The van der Waals surface area contributed by atoms with Crippen molar-refractivity contribution in [1.29, 1.82) is 0 Å². The van der Waals surface area contributed by atoms with Crippen LogP contribution in [0, 0.1) is 0 Å². The van der Waals surface area contributed by atoms with Crippen LogP contribution in [0.3, 0.4) is 0 Å². The van der Waals surface area contributed by atoms with Crippen LogP contribution in [0.4, 0.5) is 0 Å². The smallest absolute Gasteiger partial charge is 0.242 e. The van der Waals surface area contributed by atoms with E-state index < -0.39 is 6.04 Å². The third kappa shape index (κ3) is 8.23. The molecule has 0 rings (SSSR count). The van der Waals surface area contributed by atoms with Gasteiger partial charge in [-0.05, 0) is 19.8 Å². The Morgan fingerprint density at radius 3 is 2.38 bits per heavy atom. The zero-order valence-electron chi connectivity index (χ0n) is 10.1. The van der Waals surface area contributed by atoms with Crippen molar-refractivity contribution < 1.29 is 14.7 Å². The summed E-state index contributed by atoms with van der Waals surface area (Å²) in [7, 11) is 0. The number of unbranched alkanes of at least 4 members (excludes halogenated alkanes) is 3. The van der Waals surface area contributed by atoms with Gasteiger partial charge in [0.25, 0.3) is 0 Å². The molecule has 0 aromatic carbocycles. The Hall–Kier alpha value is -1.10. The highest BCUT2D eigenvalue weighted by atomic mass is 16.3. The minimum Gasteiger partial charge on any atom is -0.396 e. The zero-order chi connectivity index (χ0) is 12.4. The van der Waals surface area contributed by atoms with Crippen molar-refractivity contribution in [2.45, 2.75) is 45.6 Å². The van der Waals surface area contributed by atoms with E-state index in [0.29, 0.717) is 6.54 Å². The molecule has 5 heteroatoms. The molecule has 1 unspecified atom stereocenters. The SMILES string of the molecule is CC(=O)NC(C)C(=O)NCCCCCCO. The van der Waals surface area contributed by atoms with Gasteiger partial charge >= 0.3 is 0 Å². The summed E-state index contributed by atoms with van der Waals surface area (Å²) in [5.74, 6) is -0.358. The van der Waals surface area contributed by atoms with Gasteiger partial charge < -0.3 is 15.7 Å². The lowest BCUT2D eigenvalue weighted by molar-refractivity contribution is -0.127. The van der Waals surface area contributed by atoms with Gasteiger partial charge in [-0.2, -0.15) is 0 Å². The van der Waals surface area contributed by atoms with Gasteiger partial charge in [0, 0.05) is 20.1 Å². The summed E-state index contributed by atoms with van der Waals surface area (Å²) >= 11 is 0. The lowest BCUT2D eigenvalue weighted by Gasteiger charge is -2.12. The summed E-state index contributed by atoms with van der Waals surface area (Å²) in [6.45, 7) is 3.89. The van der Waals surface area contributed by atoms with Crippen LogP contribution in [0.1, 0.15) is 39.5 Å². The number of nitrogens with one attached hydrogen (secondary N) is 2. The summed E-state index contributed by atoms with van der Waals surface area (Å²) in [6.07, 6.45) is 3.69. The average molecular weight is 230 g/mol. The average Bonchev–Trinajstić information content (AvgIpc) is 2.21. The quantitative estimate of drug-likeness (QED) is 0.520. The minimum atomic E-state index is -0.477. The van der Waals surface area contributed by atoms with Gasteiger partial charge in [0.1, 0.15) is 6.04 Å². The van der Waals surface area contributed by atoms with E-state index in [1.165, 1.54) is 6.92 Å². The summed E-state index contributed by atoms with van der Waals surface area (Å²) in [4.78, 5) is 22.1. The monoisotopic (exact) mass is 230 g/mol. The topological polar surface area (TPSA) is 78.4 Å². The molecule has 0 aliphatic rings. The number of amides is 2. The van der Waals surface area contributed by atoms with Crippen LogP contribution in [-0.4, -0.2) is 36.1 Å². The molecule has 5 nitrogen and oxygen atoms in total. The van der Waals surface area contributed by atoms with E-state index in [9.17, 15) is 9.59 Å². The molecule has 0 bridgehead atoms. The lowest BCUT2D eigenvalue weighted by Crippen LogP contribution is -2.44. The van der Waals surface area contributed by atoms with Gasteiger partial charge in [-0.3, -0.25) is 9.59 Å². The number of aliphatic hydroxyl groups is 1. The zero-order valence-corrected chi connectivity index (χ0v) is 10.1. The standard InChI is InChI=1S/C11H22N2O3/c1-9(13-10(2)15)11(16)12-7-5-3-4-6-8-14/h9,14H,3-8H2,1-2H3,(H,12,16)(H,13,15). The fraction of sp³-hybridized carbons (Fsp3) is 0.818. The Balaban J connectivity index is 3.46. The molecule has 0 saturated heterocycles. The van der Waals surface area contributed by atoms with Crippen LogP contribution >= 0.6 is 0 Å². The van der Waals surface area contributed by atoms with Crippen LogP contribution in [0.5, 0.6) is 0 Å². The molecule has 0 heterocycles. The Labute approximate surface area is 96.6 Å². The first-order valence-electron chi connectivity index (χ1n) is 5.73. The number of hydrogen-bond donors (Lipinski definition) is 3. The highest BCUT2D eigenvalue weighted by Gasteiger charge is 2.11. The lowest BCUT2D eigenvalue weighted by atomic mass is 10.2. The molecular formula is C11H22N2O3. The maximum atomic E-state index is 11.4. The summed E-state index contributed by atoms with van der Waals surface area (Å²) in [5.41, 5.74) is 0. The summed E-state index contributed by atoms with van der Waals surface area (Å²) in [5, 5.41) is 13.8. The third-order valence-corrected chi connectivity index (χ3v) is 2.20. The van der Waals surface area contributed by atoms with Crippen LogP contribution in [0.15, 0.2) is 0 Å². The first-order chi connectivity index (χ1) is 7.57. The van der Waals surface area contributed by atoms with Crippen LogP contribution in [0.25, 0.3) is 0 Å². The van der Waals surface area contributed by atoms with Crippen LogP contribution < -0.4 is 10.6 Å². The third-order valence-electron chi connectivity index (χ3n) is 2.20. The summed E-state index contributed by atoms with van der Waals surface area (Å²) < 4.78 is 0. The molecular weight excluding hydrogens is 208 g/mol. The second-order valence-electron chi connectivity index (χ2n) is 3.85. The second-order valence-corrected chi connectivity index (χ2v) is 3.85. The van der Waals surface area contributed by atoms with Crippen molar-refractivity contribution in [1.82, 2.24) is 10.6 Å². The Bertz CT molecular complexity index is 219. The number of aliphatic hydroxyl groups excluding tert-OH is 1. The van der Waals surface area contributed by atoms with Crippen molar-refractivity contribution in [3.05, 3.63) is 0 Å². The Morgan fingerprint density at radius 2 is 1.81 bits per heavy atom. The van der Waals surface area contributed by atoms with Crippen molar-refractivity contribution in [3.63, 3.8) is 0 Å². The first-order valence-corrected chi connectivity index (χ1v) is 5.73. The van der Waals surface area contributed by atoms with E-state index in [-0.39, 0.29) is 18.4 Å². The molecule has 0 saturated carbocycles. The molecule has 0 radical (unpaired) electrons. The van der Waals surface area contributed by atoms with E-state index in [1.807, 2.05) is 0 Å². The Morgan fingerprint density at radius 1 is 1.19 bits per heavy atom. The van der Waals surface area contributed by atoms with E-state index in [4.69, 9.17) is 5.11 Å². The van der Waals surface area contributed by atoms with Gasteiger partial charge in [0.15, 0.2) is 0 Å². The molecule has 0 fully saturated rings. The van der Waals surface area contributed by atoms with Gasteiger partial charge in [-0.25, -0.2) is 0 Å². The van der Waals surface area contributed by atoms with Gasteiger partial charge in [-0.15, -0.1) is 0 Å². The predicted molar refractivity (Wildman–Crippen MR) is 61.8 cm³/mol. The molecule has 2 amide bonds. The molecule has 0 spiro atoms. The first kappa shape index (κ1) is 14.9. The fourth-order valence-corrected chi connectivity index (χ4v) is 1.33.